The third-order valence-electron chi connectivity index (χ3n) is 5.75. The van der Waals surface area contributed by atoms with E-state index in [1.54, 1.807) is 0 Å². The maximum Gasteiger partial charge on any atom is 0.136 e. The number of hydrogen-bond donors (Lipinski definition) is 1. The molecule has 0 fully saturated rings. The van der Waals surface area contributed by atoms with Gasteiger partial charge >= 0.3 is 0 Å². The molecule has 0 spiro atoms. The number of furan rings is 1. The molecular weight excluding hydrogens is 318 g/mol. The van der Waals surface area contributed by atoms with E-state index >= 15 is 0 Å². The van der Waals surface area contributed by atoms with Crippen LogP contribution in [0.5, 0.6) is 0 Å². The Labute approximate surface area is 148 Å². The second kappa shape index (κ2) is 4.17. The normalized spacial score (nSPS) is 12.6. The van der Waals surface area contributed by atoms with Crippen molar-refractivity contribution in [3.05, 3.63) is 72.8 Å². The predicted molar refractivity (Wildman–Crippen MR) is 109 cm³/mol. The minimum atomic E-state index is 0.965. The molecule has 0 unspecified atom stereocenters. The number of nitrogens with one attached hydrogen (secondary N) is 1. The standard InChI is InChI=1S/C24H13NO/c1-2-8-17-15(5-1)22-18(25-17)12-11-14-13-6-3-9-19-23(13)24-16(21(14)22)7-4-10-20(24)26-19/h1-12,25H. The van der Waals surface area contributed by atoms with Gasteiger partial charge in [-0.1, -0.05) is 48.5 Å². The molecule has 0 aliphatic rings. The van der Waals surface area contributed by atoms with Crippen molar-refractivity contribution >= 4 is 65.3 Å². The fourth-order valence-corrected chi connectivity index (χ4v) is 4.75. The number of para-hydroxylation sites is 1. The van der Waals surface area contributed by atoms with Crippen LogP contribution in [0.2, 0.25) is 0 Å². The van der Waals surface area contributed by atoms with E-state index in [1.165, 1.54) is 54.1 Å². The first kappa shape index (κ1) is 12.8. The first-order chi connectivity index (χ1) is 12.9. The zero-order valence-corrected chi connectivity index (χ0v) is 13.8. The number of fused-ring (bicyclic) bond motifs is 7. The van der Waals surface area contributed by atoms with Crippen LogP contribution in [0.25, 0.3) is 65.3 Å². The second-order valence-electron chi connectivity index (χ2n) is 7.04. The molecule has 0 radical (unpaired) electrons. The Kier molecular flexibility index (Phi) is 2.05. The summed E-state index contributed by atoms with van der Waals surface area (Å²) in [7, 11) is 0. The highest BCUT2D eigenvalue weighted by Gasteiger charge is 2.19. The van der Waals surface area contributed by atoms with Crippen molar-refractivity contribution in [3.8, 4) is 0 Å². The van der Waals surface area contributed by atoms with Gasteiger partial charge in [-0.05, 0) is 40.4 Å². The maximum atomic E-state index is 6.16. The lowest BCUT2D eigenvalue weighted by Crippen LogP contribution is -1.83. The molecule has 5 aromatic carbocycles. The topological polar surface area (TPSA) is 28.9 Å². The zero-order chi connectivity index (χ0) is 16.8. The van der Waals surface area contributed by atoms with Crippen molar-refractivity contribution < 1.29 is 4.42 Å². The number of H-pyrrole nitrogens is 1. The summed E-state index contributed by atoms with van der Waals surface area (Å²) in [6.07, 6.45) is 0. The summed E-state index contributed by atoms with van der Waals surface area (Å²) in [6, 6.07) is 25.8. The summed E-state index contributed by atoms with van der Waals surface area (Å²) in [5.41, 5.74) is 4.29. The molecule has 1 N–H and O–H groups in total. The van der Waals surface area contributed by atoms with Gasteiger partial charge in [0.15, 0.2) is 0 Å². The number of hydrogen-bond acceptors (Lipinski definition) is 1. The molecule has 0 aliphatic carbocycles. The van der Waals surface area contributed by atoms with Gasteiger partial charge in [-0.25, -0.2) is 0 Å². The van der Waals surface area contributed by atoms with Crippen LogP contribution in [0.3, 0.4) is 0 Å². The van der Waals surface area contributed by atoms with E-state index in [9.17, 15) is 0 Å². The van der Waals surface area contributed by atoms with Gasteiger partial charge in [-0.2, -0.15) is 0 Å². The number of rotatable bonds is 0. The van der Waals surface area contributed by atoms with Crippen LogP contribution in [0, 0.1) is 0 Å². The molecule has 0 bridgehead atoms. The maximum absolute atomic E-state index is 6.16. The Morgan fingerprint density at radius 1 is 0.462 bits per heavy atom. The Morgan fingerprint density at radius 2 is 1.15 bits per heavy atom. The second-order valence-corrected chi connectivity index (χ2v) is 7.04. The Hall–Kier alpha value is -3.52. The van der Waals surface area contributed by atoms with Gasteiger partial charge in [-0.3, -0.25) is 0 Å². The average Bonchev–Trinajstić information content (AvgIpc) is 3.25. The van der Waals surface area contributed by atoms with E-state index in [0.717, 1.165) is 11.2 Å². The Balaban J connectivity index is 1.95. The molecule has 0 aliphatic heterocycles. The first-order valence-corrected chi connectivity index (χ1v) is 8.88. The summed E-state index contributed by atoms with van der Waals surface area (Å²) >= 11 is 0. The van der Waals surface area contributed by atoms with Gasteiger partial charge in [-0.15, -0.1) is 0 Å². The summed E-state index contributed by atoms with van der Waals surface area (Å²) in [4.78, 5) is 3.58. The van der Waals surface area contributed by atoms with Gasteiger partial charge in [0.05, 0.1) is 0 Å². The van der Waals surface area contributed by atoms with E-state index in [-0.39, 0.29) is 0 Å². The first-order valence-electron chi connectivity index (χ1n) is 8.88. The van der Waals surface area contributed by atoms with Gasteiger partial charge < -0.3 is 9.40 Å². The molecule has 120 valence electrons. The fraction of sp³-hybridized carbons (Fsp3) is 0. The van der Waals surface area contributed by atoms with Crippen molar-refractivity contribution in [2.45, 2.75) is 0 Å². The predicted octanol–water partition coefficient (Wildman–Crippen LogP) is 6.96. The molecule has 2 nitrogen and oxygen atoms in total. The molecule has 2 aromatic heterocycles. The van der Waals surface area contributed by atoms with Gasteiger partial charge in [0, 0.05) is 38.0 Å². The summed E-state index contributed by atoms with van der Waals surface area (Å²) in [5.74, 6) is 0. The number of aromatic nitrogens is 1. The average molecular weight is 331 g/mol. The molecule has 0 saturated heterocycles. The van der Waals surface area contributed by atoms with Crippen LogP contribution in [0.15, 0.2) is 77.2 Å². The largest absolute Gasteiger partial charge is 0.456 e. The number of aromatic amines is 1. The van der Waals surface area contributed by atoms with E-state index in [4.69, 9.17) is 4.42 Å². The smallest absolute Gasteiger partial charge is 0.136 e. The van der Waals surface area contributed by atoms with Crippen LogP contribution in [-0.2, 0) is 0 Å². The molecule has 0 amide bonds. The molecular formula is C24H13NO. The summed E-state index contributed by atoms with van der Waals surface area (Å²) in [5, 5.41) is 10.2. The third kappa shape index (κ3) is 1.33. The molecule has 2 heterocycles. The minimum absolute atomic E-state index is 0.965. The molecule has 2 heteroatoms. The third-order valence-corrected chi connectivity index (χ3v) is 5.75. The molecule has 26 heavy (non-hydrogen) atoms. The molecule has 0 atom stereocenters. The lowest BCUT2D eigenvalue weighted by atomic mass is 9.92. The molecule has 7 aromatic rings. The van der Waals surface area contributed by atoms with Crippen molar-refractivity contribution in [1.82, 2.24) is 4.98 Å². The zero-order valence-electron chi connectivity index (χ0n) is 13.8. The highest BCUT2D eigenvalue weighted by molar-refractivity contribution is 6.39. The van der Waals surface area contributed by atoms with Crippen LogP contribution in [0.4, 0.5) is 0 Å². The van der Waals surface area contributed by atoms with E-state index in [1.807, 2.05) is 0 Å². The quantitative estimate of drug-likeness (QED) is 0.299. The van der Waals surface area contributed by atoms with Crippen molar-refractivity contribution in [2.75, 3.05) is 0 Å². The van der Waals surface area contributed by atoms with Crippen molar-refractivity contribution in [2.24, 2.45) is 0 Å². The Morgan fingerprint density at radius 3 is 2.04 bits per heavy atom. The van der Waals surface area contributed by atoms with E-state index < -0.39 is 0 Å². The van der Waals surface area contributed by atoms with Crippen LogP contribution >= 0.6 is 0 Å². The van der Waals surface area contributed by atoms with E-state index in [2.05, 4.69) is 77.8 Å². The van der Waals surface area contributed by atoms with Gasteiger partial charge in [0.2, 0.25) is 0 Å². The van der Waals surface area contributed by atoms with Crippen LogP contribution in [-0.4, -0.2) is 4.98 Å². The highest BCUT2D eigenvalue weighted by atomic mass is 16.3. The van der Waals surface area contributed by atoms with Crippen LogP contribution in [0.1, 0.15) is 0 Å². The SMILES string of the molecule is c1ccc2c(c1)[nH]c1ccc3c4cccc5oc6cccc(c6c54)c3c12. The monoisotopic (exact) mass is 331 g/mol. The lowest BCUT2D eigenvalue weighted by molar-refractivity contribution is 0.669. The van der Waals surface area contributed by atoms with Crippen molar-refractivity contribution in [3.63, 3.8) is 0 Å². The number of benzene rings is 5. The lowest BCUT2D eigenvalue weighted by Gasteiger charge is -2.09. The molecule has 0 saturated carbocycles. The summed E-state index contributed by atoms with van der Waals surface area (Å²) in [6.45, 7) is 0. The van der Waals surface area contributed by atoms with E-state index in [0.29, 0.717) is 0 Å². The van der Waals surface area contributed by atoms with Crippen LogP contribution < -0.4 is 0 Å². The minimum Gasteiger partial charge on any atom is -0.456 e. The van der Waals surface area contributed by atoms with Gasteiger partial charge in [0.1, 0.15) is 11.2 Å². The Bertz CT molecular complexity index is 1630. The molecule has 7 rings (SSSR count). The van der Waals surface area contributed by atoms with Gasteiger partial charge in [0.25, 0.3) is 0 Å². The highest BCUT2D eigenvalue weighted by Crippen LogP contribution is 2.45. The summed E-state index contributed by atoms with van der Waals surface area (Å²) < 4.78 is 6.16. The fourth-order valence-electron chi connectivity index (χ4n) is 4.75. The van der Waals surface area contributed by atoms with Crippen molar-refractivity contribution in [1.29, 1.82) is 0 Å².